The number of esters is 1. The van der Waals surface area contributed by atoms with E-state index in [-0.39, 0.29) is 31.6 Å². The minimum atomic E-state index is -0.479. The maximum absolute atomic E-state index is 12.3. The van der Waals surface area contributed by atoms with Crippen LogP contribution < -0.4 is 14.8 Å². The Morgan fingerprint density at radius 3 is 2.60 bits per heavy atom. The lowest BCUT2D eigenvalue weighted by Gasteiger charge is -2.18. The topological polar surface area (TPSA) is 73.9 Å². The minimum Gasteiger partial charge on any atom is -0.468 e. The molecule has 0 saturated carbocycles. The monoisotopic (exact) mass is 341 g/mol. The van der Waals surface area contributed by atoms with E-state index in [0.717, 1.165) is 11.1 Å². The quantitative estimate of drug-likeness (QED) is 0.816. The van der Waals surface area contributed by atoms with Crippen molar-refractivity contribution in [3.05, 3.63) is 59.7 Å². The molecule has 6 nitrogen and oxygen atoms in total. The first-order chi connectivity index (χ1) is 12.2. The summed E-state index contributed by atoms with van der Waals surface area (Å²) >= 11 is 0. The average Bonchev–Trinajstić information content (AvgIpc) is 3.12. The van der Waals surface area contributed by atoms with Crippen molar-refractivity contribution in [2.75, 3.05) is 20.4 Å². The normalized spacial score (nSPS) is 13.2. The van der Waals surface area contributed by atoms with Crippen molar-refractivity contribution in [1.29, 1.82) is 0 Å². The van der Waals surface area contributed by atoms with Gasteiger partial charge >= 0.3 is 5.97 Å². The van der Waals surface area contributed by atoms with Crippen molar-refractivity contribution < 1.29 is 23.8 Å². The summed E-state index contributed by atoms with van der Waals surface area (Å²) < 4.78 is 15.3. The summed E-state index contributed by atoms with van der Waals surface area (Å²) in [5.74, 6) is 0.511. The van der Waals surface area contributed by atoms with Gasteiger partial charge in [0.1, 0.15) is 6.54 Å². The molecule has 1 aliphatic rings. The molecule has 0 spiro atoms. The van der Waals surface area contributed by atoms with Crippen LogP contribution in [0.3, 0.4) is 0 Å². The van der Waals surface area contributed by atoms with Crippen molar-refractivity contribution in [2.24, 2.45) is 0 Å². The molecule has 0 fully saturated rings. The van der Waals surface area contributed by atoms with Crippen LogP contribution >= 0.6 is 0 Å². The van der Waals surface area contributed by atoms with E-state index in [9.17, 15) is 9.59 Å². The van der Waals surface area contributed by atoms with Crippen LogP contribution in [0, 0.1) is 0 Å². The maximum Gasteiger partial charge on any atom is 0.325 e. The van der Waals surface area contributed by atoms with E-state index >= 15 is 0 Å². The second-order valence-electron chi connectivity index (χ2n) is 5.63. The molecule has 1 unspecified atom stereocenters. The first-order valence-electron chi connectivity index (χ1n) is 7.95. The molecular formula is C19H19NO5. The van der Waals surface area contributed by atoms with Crippen LogP contribution in [0.25, 0.3) is 0 Å². The first kappa shape index (κ1) is 16.8. The van der Waals surface area contributed by atoms with E-state index in [1.807, 2.05) is 48.5 Å². The van der Waals surface area contributed by atoms with Gasteiger partial charge in [0, 0.05) is 12.3 Å². The Bertz CT molecular complexity index is 760. The van der Waals surface area contributed by atoms with Gasteiger partial charge in [-0.3, -0.25) is 9.59 Å². The molecule has 1 amide bonds. The largest absolute Gasteiger partial charge is 0.468 e. The van der Waals surface area contributed by atoms with Crippen LogP contribution in [0.5, 0.6) is 11.5 Å². The summed E-state index contributed by atoms with van der Waals surface area (Å²) in [5.41, 5.74) is 1.96. The fourth-order valence-electron chi connectivity index (χ4n) is 2.74. The number of methoxy groups -OCH3 is 1. The van der Waals surface area contributed by atoms with Crippen molar-refractivity contribution >= 4 is 11.9 Å². The highest BCUT2D eigenvalue weighted by Gasteiger charge is 2.22. The molecule has 0 saturated heterocycles. The lowest BCUT2D eigenvalue weighted by atomic mass is 9.88. The van der Waals surface area contributed by atoms with Crippen LogP contribution in [-0.4, -0.2) is 32.3 Å². The Labute approximate surface area is 145 Å². The van der Waals surface area contributed by atoms with E-state index in [1.54, 1.807) is 0 Å². The standard InChI is InChI=1S/C19H19NO5/c1-23-19(22)11-20-18(21)10-15(13-5-3-2-4-6-13)14-7-8-16-17(9-14)25-12-24-16/h2-9,15H,10-12H2,1H3,(H,20,21). The third kappa shape index (κ3) is 4.09. The van der Waals surface area contributed by atoms with Crippen LogP contribution in [0.2, 0.25) is 0 Å². The highest BCUT2D eigenvalue weighted by molar-refractivity contribution is 5.82. The fraction of sp³-hybridized carbons (Fsp3) is 0.263. The van der Waals surface area contributed by atoms with Gasteiger partial charge in [-0.25, -0.2) is 0 Å². The second kappa shape index (κ2) is 7.70. The summed E-state index contributed by atoms with van der Waals surface area (Å²) in [4.78, 5) is 23.5. The van der Waals surface area contributed by atoms with Crippen LogP contribution in [0.1, 0.15) is 23.5 Å². The Morgan fingerprint density at radius 1 is 1.08 bits per heavy atom. The molecule has 1 aliphatic heterocycles. The highest BCUT2D eigenvalue weighted by Crippen LogP contribution is 2.37. The number of nitrogens with one attached hydrogen (secondary N) is 1. The zero-order chi connectivity index (χ0) is 17.6. The molecular weight excluding hydrogens is 322 g/mol. The van der Waals surface area contributed by atoms with Crippen molar-refractivity contribution in [2.45, 2.75) is 12.3 Å². The van der Waals surface area contributed by atoms with E-state index in [1.165, 1.54) is 7.11 Å². The van der Waals surface area contributed by atoms with Gasteiger partial charge < -0.3 is 19.5 Å². The molecule has 25 heavy (non-hydrogen) atoms. The summed E-state index contributed by atoms with van der Waals surface area (Å²) in [6.45, 7) is 0.0619. The second-order valence-corrected chi connectivity index (χ2v) is 5.63. The number of fused-ring (bicyclic) bond motifs is 1. The summed E-state index contributed by atoms with van der Waals surface area (Å²) in [7, 11) is 1.29. The lowest BCUT2D eigenvalue weighted by molar-refractivity contribution is -0.141. The molecule has 1 heterocycles. The fourth-order valence-corrected chi connectivity index (χ4v) is 2.74. The van der Waals surface area contributed by atoms with Crippen LogP contribution in [0.4, 0.5) is 0 Å². The number of hydrogen-bond acceptors (Lipinski definition) is 5. The molecule has 6 heteroatoms. The lowest BCUT2D eigenvalue weighted by Crippen LogP contribution is -2.31. The van der Waals surface area contributed by atoms with Gasteiger partial charge in [0.2, 0.25) is 12.7 Å². The molecule has 2 aromatic rings. The molecule has 130 valence electrons. The third-order valence-corrected chi connectivity index (χ3v) is 4.05. The molecule has 1 N–H and O–H groups in total. The van der Waals surface area contributed by atoms with Gasteiger partial charge in [-0.05, 0) is 23.3 Å². The predicted octanol–water partition coefficient (Wildman–Crippen LogP) is 2.23. The van der Waals surface area contributed by atoms with Crippen LogP contribution in [-0.2, 0) is 14.3 Å². The van der Waals surface area contributed by atoms with Gasteiger partial charge in [-0.1, -0.05) is 36.4 Å². The zero-order valence-corrected chi connectivity index (χ0v) is 13.9. The third-order valence-electron chi connectivity index (χ3n) is 4.05. The Morgan fingerprint density at radius 2 is 1.84 bits per heavy atom. The van der Waals surface area contributed by atoms with E-state index in [2.05, 4.69) is 10.1 Å². The maximum atomic E-state index is 12.3. The molecule has 0 bridgehead atoms. The number of amides is 1. The SMILES string of the molecule is COC(=O)CNC(=O)CC(c1ccccc1)c1ccc2c(c1)OCO2. The predicted molar refractivity (Wildman–Crippen MR) is 90.5 cm³/mol. The summed E-state index contributed by atoms with van der Waals surface area (Å²) in [6.07, 6.45) is 0.209. The minimum absolute atomic E-state index is 0.141. The number of carbonyl (C=O) groups excluding carboxylic acids is 2. The van der Waals surface area contributed by atoms with Gasteiger partial charge in [-0.2, -0.15) is 0 Å². The van der Waals surface area contributed by atoms with E-state index < -0.39 is 5.97 Å². The van der Waals surface area contributed by atoms with Gasteiger partial charge in [0.15, 0.2) is 11.5 Å². The molecule has 1 atom stereocenters. The zero-order valence-electron chi connectivity index (χ0n) is 13.9. The first-order valence-corrected chi connectivity index (χ1v) is 7.95. The number of ether oxygens (including phenoxy) is 3. The Balaban J connectivity index is 1.81. The number of carbonyl (C=O) groups is 2. The van der Waals surface area contributed by atoms with Gasteiger partial charge in [0.25, 0.3) is 0 Å². The molecule has 0 aliphatic carbocycles. The highest BCUT2D eigenvalue weighted by atomic mass is 16.7. The molecule has 2 aromatic carbocycles. The number of rotatable bonds is 6. The molecule has 0 aromatic heterocycles. The smallest absolute Gasteiger partial charge is 0.325 e. The number of hydrogen-bond donors (Lipinski definition) is 1. The Hall–Kier alpha value is -3.02. The Kier molecular flexibility index (Phi) is 5.18. The van der Waals surface area contributed by atoms with Gasteiger partial charge in [-0.15, -0.1) is 0 Å². The molecule has 3 rings (SSSR count). The van der Waals surface area contributed by atoms with Crippen molar-refractivity contribution in [3.63, 3.8) is 0 Å². The van der Waals surface area contributed by atoms with E-state index in [4.69, 9.17) is 9.47 Å². The number of benzene rings is 2. The summed E-state index contributed by atoms with van der Waals surface area (Å²) in [6, 6.07) is 15.4. The van der Waals surface area contributed by atoms with Crippen LogP contribution in [0.15, 0.2) is 48.5 Å². The van der Waals surface area contributed by atoms with Gasteiger partial charge in [0.05, 0.1) is 7.11 Å². The average molecular weight is 341 g/mol. The van der Waals surface area contributed by atoms with E-state index in [0.29, 0.717) is 11.5 Å². The molecule has 0 radical (unpaired) electrons. The summed E-state index contributed by atoms with van der Waals surface area (Å²) in [5, 5.41) is 2.59. The van der Waals surface area contributed by atoms with Crippen molar-refractivity contribution in [3.8, 4) is 11.5 Å². The van der Waals surface area contributed by atoms with Crippen molar-refractivity contribution in [1.82, 2.24) is 5.32 Å².